The first-order valence-corrected chi connectivity index (χ1v) is 8.23. The molecule has 0 N–H and O–H groups in total. The van der Waals surface area contributed by atoms with Crippen molar-refractivity contribution in [2.45, 2.75) is 23.8 Å². The molecule has 1 aromatic heterocycles. The van der Waals surface area contributed by atoms with Gasteiger partial charge in [0.2, 0.25) is 0 Å². The van der Waals surface area contributed by atoms with Gasteiger partial charge in [-0.3, -0.25) is 4.79 Å². The molecule has 23 heavy (non-hydrogen) atoms. The second-order valence-corrected chi connectivity index (χ2v) is 5.80. The molecule has 4 nitrogen and oxygen atoms in total. The van der Waals surface area contributed by atoms with Crippen molar-refractivity contribution in [1.82, 2.24) is 4.90 Å². The molecule has 0 fully saturated rings. The Kier molecular flexibility index (Phi) is 6.07. The molecule has 2 aromatic rings. The van der Waals surface area contributed by atoms with Gasteiger partial charge in [-0.2, -0.15) is 5.26 Å². The minimum absolute atomic E-state index is 0.0827. The molecule has 2 rings (SSSR count). The van der Waals surface area contributed by atoms with Gasteiger partial charge in [-0.1, -0.05) is 30.0 Å². The van der Waals surface area contributed by atoms with E-state index in [4.69, 9.17) is 4.42 Å². The lowest BCUT2D eigenvalue weighted by molar-refractivity contribution is -0.126. The largest absolute Gasteiger partial charge is 0.450 e. The number of carbonyl (C=O) groups is 1. The fraction of sp³-hybridized carbons (Fsp3) is 0.222. The summed E-state index contributed by atoms with van der Waals surface area (Å²) in [6, 6.07) is 15.4. The maximum absolute atomic E-state index is 12.2. The van der Waals surface area contributed by atoms with Crippen molar-refractivity contribution in [3.8, 4) is 6.07 Å². The summed E-state index contributed by atoms with van der Waals surface area (Å²) in [5.41, 5.74) is 0.0827. The Balaban J connectivity index is 2.15. The molecular formula is C18H18N2O2S. The van der Waals surface area contributed by atoms with E-state index < -0.39 is 0 Å². The minimum atomic E-state index is -0.272. The lowest BCUT2D eigenvalue weighted by atomic mass is 10.2. The van der Waals surface area contributed by atoms with Gasteiger partial charge < -0.3 is 9.32 Å². The fourth-order valence-electron chi connectivity index (χ4n) is 2.04. The summed E-state index contributed by atoms with van der Waals surface area (Å²) in [5, 5.41) is 9.94. The Labute approximate surface area is 140 Å². The zero-order chi connectivity index (χ0) is 16.7. The van der Waals surface area contributed by atoms with Crippen LogP contribution in [0, 0.1) is 11.3 Å². The van der Waals surface area contributed by atoms with Crippen molar-refractivity contribution >= 4 is 23.7 Å². The second kappa shape index (κ2) is 8.25. The maximum Gasteiger partial charge on any atom is 0.264 e. The van der Waals surface area contributed by atoms with Crippen LogP contribution in [0.1, 0.15) is 19.6 Å². The van der Waals surface area contributed by atoms with E-state index in [1.54, 1.807) is 11.0 Å². The highest BCUT2D eigenvalue weighted by molar-refractivity contribution is 7.99. The summed E-state index contributed by atoms with van der Waals surface area (Å²) < 4.78 is 5.68. The monoisotopic (exact) mass is 326 g/mol. The van der Waals surface area contributed by atoms with E-state index in [-0.39, 0.29) is 11.5 Å². The van der Waals surface area contributed by atoms with Crippen LogP contribution in [0.3, 0.4) is 0 Å². The van der Waals surface area contributed by atoms with E-state index in [2.05, 4.69) is 0 Å². The quantitative estimate of drug-likeness (QED) is 0.589. The number of nitrogens with zero attached hydrogens (tertiary/aromatic N) is 2. The van der Waals surface area contributed by atoms with E-state index >= 15 is 0 Å². The molecule has 0 bridgehead atoms. The molecule has 1 amide bonds. The molecule has 0 saturated heterocycles. The Bertz CT molecular complexity index is 725. The lowest BCUT2D eigenvalue weighted by Gasteiger charge is -2.17. The van der Waals surface area contributed by atoms with Gasteiger partial charge in [-0.05, 0) is 38.1 Å². The average molecular weight is 326 g/mol. The van der Waals surface area contributed by atoms with Crippen LogP contribution in [0.4, 0.5) is 0 Å². The highest BCUT2D eigenvalue weighted by Crippen LogP contribution is 2.29. The number of rotatable bonds is 6. The van der Waals surface area contributed by atoms with Gasteiger partial charge in [0, 0.05) is 24.1 Å². The van der Waals surface area contributed by atoms with E-state index in [1.165, 1.54) is 17.8 Å². The first-order valence-electron chi connectivity index (χ1n) is 7.41. The van der Waals surface area contributed by atoms with Gasteiger partial charge in [-0.25, -0.2) is 0 Å². The van der Waals surface area contributed by atoms with Crippen LogP contribution in [-0.4, -0.2) is 23.9 Å². The molecule has 5 heteroatoms. The molecule has 0 saturated carbocycles. The van der Waals surface area contributed by atoms with Crippen LogP contribution in [0.25, 0.3) is 6.08 Å². The maximum atomic E-state index is 12.2. The Morgan fingerprint density at radius 3 is 2.52 bits per heavy atom. The summed E-state index contributed by atoms with van der Waals surface area (Å²) in [6.07, 6.45) is 1.50. The van der Waals surface area contributed by atoms with Crippen LogP contribution >= 0.6 is 11.8 Å². The van der Waals surface area contributed by atoms with Crippen LogP contribution in [0.15, 0.2) is 62.4 Å². The van der Waals surface area contributed by atoms with Crippen molar-refractivity contribution in [2.75, 3.05) is 13.1 Å². The molecule has 0 atom stereocenters. The molecule has 1 aromatic carbocycles. The third-order valence-corrected chi connectivity index (χ3v) is 4.18. The molecule has 0 spiro atoms. The van der Waals surface area contributed by atoms with Gasteiger partial charge in [0.05, 0.1) is 0 Å². The predicted molar refractivity (Wildman–Crippen MR) is 90.8 cm³/mol. The van der Waals surface area contributed by atoms with Gasteiger partial charge in [0.15, 0.2) is 5.09 Å². The van der Waals surface area contributed by atoms with E-state index in [0.29, 0.717) is 18.8 Å². The Hall–Kier alpha value is -2.45. The van der Waals surface area contributed by atoms with Gasteiger partial charge >= 0.3 is 0 Å². The topological polar surface area (TPSA) is 57.2 Å². The summed E-state index contributed by atoms with van der Waals surface area (Å²) >= 11 is 1.49. The molecule has 0 aliphatic heterocycles. The lowest BCUT2D eigenvalue weighted by Crippen LogP contribution is -2.31. The minimum Gasteiger partial charge on any atom is -0.450 e. The zero-order valence-corrected chi connectivity index (χ0v) is 14.0. The fourth-order valence-corrected chi connectivity index (χ4v) is 2.84. The third kappa shape index (κ3) is 4.51. The van der Waals surface area contributed by atoms with Crippen molar-refractivity contribution in [3.05, 3.63) is 53.8 Å². The third-order valence-electron chi connectivity index (χ3n) is 3.25. The highest BCUT2D eigenvalue weighted by Gasteiger charge is 2.16. The normalized spacial score (nSPS) is 11.1. The molecule has 118 valence electrons. The average Bonchev–Trinajstić information content (AvgIpc) is 3.01. The van der Waals surface area contributed by atoms with Crippen molar-refractivity contribution in [1.29, 1.82) is 5.26 Å². The van der Waals surface area contributed by atoms with Crippen molar-refractivity contribution in [3.63, 3.8) is 0 Å². The van der Waals surface area contributed by atoms with Gasteiger partial charge in [0.25, 0.3) is 5.91 Å². The van der Waals surface area contributed by atoms with Gasteiger partial charge in [-0.15, -0.1) is 0 Å². The zero-order valence-electron chi connectivity index (χ0n) is 13.2. The Morgan fingerprint density at radius 1 is 1.22 bits per heavy atom. The van der Waals surface area contributed by atoms with E-state index in [1.807, 2.05) is 56.3 Å². The van der Waals surface area contributed by atoms with Gasteiger partial charge in [0.1, 0.15) is 17.4 Å². The number of amides is 1. The number of carbonyl (C=O) groups excluding carboxylic acids is 1. The summed E-state index contributed by atoms with van der Waals surface area (Å²) in [6.45, 7) is 4.92. The molecule has 0 unspecified atom stereocenters. The first-order chi connectivity index (χ1) is 11.2. The van der Waals surface area contributed by atoms with Crippen molar-refractivity contribution in [2.24, 2.45) is 0 Å². The molecular weight excluding hydrogens is 308 g/mol. The predicted octanol–water partition coefficient (Wildman–Crippen LogP) is 4.21. The number of nitriles is 1. The number of benzene rings is 1. The SMILES string of the molecule is CCN(CC)C(=O)/C(C#N)=C\c1ccc(Sc2ccccc2)o1. The van der Waals surface area contributed by atoms with Crippen LogP contribution in [0.2, 0.25) is 0 Å². The Morgan fingerprint density at radius 2 is 1.91 bits per heavy atom. The molecule has 0 aliphatic rings. The van der Waals surface area contributed by atoms with Crippen LogP contribution in [-0.2, 0) is 4.79 Å². The number of furan rings is 1. The molecule has 0 radical (unpaired) electrons. The summed E-state index contributed by atoms with van der Waals surface area (Å²) in [5.74, 6) is 0.228. The van der Waals surface area contributed by atoms with Crippen LogP contribution < -0.4 is 0 Å². The van der Waals surface area contributed by atoms with Crippen LogP contribution in [0.5, 0.6) is 0 Å². The number of hydrogen-bond acceptors (Lipinski definition) is 4. The first kappa shape index (κ1) is 16.9. The second-order valence-electron chi connectivity index (χ2n) is 4.72. The smallest absolute Gasteiger partial charge is 0.264 e. The molecule has 0 aliphatic carbocycles. The molecule has 1 heterocycles. The summed E-state index contributed by atoms with van der Waals surface area (Å²) in [7, 11) is 0. The number of likely N-dealkylation sites (N-methyl/N-ethyl adjacent to an activating group) is 1. The standard InChI is InChI=1S/C18H18N2O2S/c1-3-20(4-2)18(21)14(13-19)12-15-10-11-17(22-15)23-16-8-6-5-7-9-16/h5-12H,3-4H2,1-2H3/b14-12-. The number of hydrogen-bond donors (Lipinski definition) is 0. The van der Waals surface area contributed by atoms with Crippen molar-refractivity contribution < 1.29 is 9.21 Å². The summed E-state index contributed by atoms with van der Waals surface area (Å²) in [4.78, 5) is 14.9. The van der Waals surface area contributed by atoms with E-state index in [0.717, 1.165) is 9.99 Å². The van der Waals surface area contributed by atoms with E-state index in [9.17, 15) is 10.1 Å². The highest BCUT2D eigenvalue weighted by atomic mass is 32.2.